The molecule has 1 unspecified atom stereocenters. The van der Waals surface area contributed by atoms with Gasteiger partial charge in [0.1, 0.15) is 12.6 Å². The monoisotopic (exact) mass is 181 g/mol. The number of imide groups is 1. The van der Waals surface area contributed by atoms with Gasteiger partial charge in [-0.05, 0) is 6.42 Å². The lowest BCUT2D eigenvalue weighted by molar-refractivity contribution is -0.127. The van der Waals surface area contributed by atoms with Crippen LogP contribution in [0.2, 0.25) is 0 Å². The molecule has 1 fully saturated rings. The van der Waals surface area contributed by atoms with E-state index in [-0.39, 0.29) is 12.5 Å². The number of hydrogen-bond donors (Lipinski definition) is 1. The summed E-state index contributed by atoms with van der Waals surface area (Å²) < 4.78 is 0. The second-order valence-electron chi connectivity index (χ2n) is 2.87. The summed E-state index contributed by atoms with van der Waals surface area (Å²) >= 11 is 0. The number of carbonyl (C=O) groups excluding carboxylic acids is 2. The van der Waals surface area contributed by atoms with E-state index < -0.39 is 12.1 Å². The number of urea groups is 1. The van der Waals surface area contributed by atoms with Crippen molar-refractivity contribution in [3.63, 3.8) is 0 Å². The first kappa shape index (κ1) is 9.52. The van der Waals surface area contributed by atoms with Gasteiger partial charge in [0.2, 0.25) is 0 Å². The summed E-state index contributed by atoms with van der Waals surface area (Å²) in [6.07, 6.45) is 1.46. The average Bonchev–Trinajstić information content (AvgIpc) is 2.34. The number of carbonyl (C=O) groups is 2. The second-order valence-corrected chi connectivity index (χ2v) is 2.87. The first-order valence-corrected chi connectivity index (χ1v) is 4.19. The summed E-state index contributed by atoms with van der Waals surface area (Å²) in [5, 5.41) is 10.9. The van der Waals surface area contributed by atoms with Gasteiger partial charge in [-0.15, -0.1) is 0 Å². The Morgan fingerprint density at radius 1 is 1.62 bits per heavy atom. The van der Waals surface area contributed by atoms with Crippen LogP contribution >= 0.6 is 0 Å². The van der Waals surface area contributed by atoms with Crippen LogP contribution in [0.1, 0.15) is 19.8 Å². The van der Waals surface area contributed by atoms with E-state index in [2.05, 4.69) is 5.32 Å². The minimum atomic E-state index is -0.454. The van der Waals surface area contributed by atoms with E-state index in [1.165, 1.54) is 0 Å². The van der Waals surface area contributed by atoms with Crippen LogP contribution in [0.25, 0.3) is 0 Å². The Kier molecular flexibility index (Phi) is 2.85. The van der Waals surface area contributed by atoms with Crippen molar-refractivity contribution >= 4 is 11.9 Å². The van der Waals surface area contributed by atoms with Crippen molar-refractivity contribution in [1.29, 1.82) is 5.26 Å². The molecule has 1 atom stereocenters. The molecule has 0 aromatic heterocycles. The molecule has 0 saturated carbocycles. The second kappa shape index (κ2) is 3.90. The maximum Gasteiger partial charge on any atom is 0.325 e. The standard InChI is InChI=1S/C8H11N3O2/c1-2-3-6-7(12)11(5-4-9)8(13)10-6/h6H,2-3,5H2,1H3,(H,10,13). The first-order chi connectivity index (χ1) is 6.20. The van der Waals surface area contributed by atoms with Crippen molar-refractivity contribution in [3.05, 3.63) is 0 Å². The van der Waals surface area contributed by atoms with Crippen LogP contribution < -0.4 is 5.32 Å². The molecule has 5 heteroatoms. The fraction of sp³-hybridized carbons (Fsp3) is 0.625. The molecule has 1 aliphatic heterocycles. The zero-order chi connectivity index (χ0) is 9.84. The van der Waals surface area contributed by atoms with Crippen molar-refractivity contribution < 1.29 is 9.59 Å². The fourth-order valence-electron chi connectivity index (χ4n) is 1.28. The van der Waals surface area contributed by atoms with Crippen molar-refractivity contribution in [2.75, 3.05) is 6.54 Å². The first-order valence-electron chi connectivity index (χ1n) is 4.19. The highest BCUT2D eigenvalue weighted by molar-refractivity contribution is 6.04. The number of amides is 3. The Morgan fingerprint density at radius 2 is 2.31 bits per heavy atom. The van der Waals surface area contributed by atoms with Crippen LogP contribution in [0, 0.1) is 11.3 Å². The molecule has 1 aliphatic rings. The molecule has 0 aromatic rings. The zero-order valence-corrected chi connectivity index (χ0v) is 7.41. The van der Waals surface area contributed by atoms with Crippen molar-refractivity contribution in [1.82, 2.24) is 10.2 Å². The molecule has 0 radical (unpaired) electrons. The lowest BCUT2D eigenvalue weighted by Gasteiger charge is -2.06. The largest absolute Gasteiger partial charge is 0.326 e. The third-order valence-electron chi connectivity index (χ3n) is 1.91. The smallest absolute Gasteiger partial charge is 0.325 e. The highest BCUT2D eigenvalue weighted by Crippen LogP contribution is 2.09. The molecule has 13 heavy (non-hydrogen) atoms. The van der Waals surface area contributed by atoms with Crippen LogP contribution in [-0.4, -0.2) is 29.4 Å². The minimum absolute atomic E-state index is 0.162. The summed E-state index contributed by atoms with van der Waals surface area (Å²) in [6, 6.07) is 0.899. The lowest BCUT2D eigenvalue weighted by Crippen LogP contribution is -2.31. The van der Waals surface area contributed by atoms with Gasteiger partial charge in [0.25, 0.3) is 5.91 Å². The zero-order valence-electron chi connectivity index (χ0n) is 7.41. The topological polar surface area (TPSA) is 73.2 Å². The Balaban J connectivity index is 2.65. The summed E-state index contributed by atoms with van der Waals surface area (Å²) in [5.74, 6) is -0.284. The van der Waals surface area contributed by atoms with Gasteiger partial charge in [0, 0.05) is 0 Å². The van der Waals surface area contributed by atoms with Crippen LogP contribution in [0.5, 0.6) is 0 Å². The Hall–Kier alpha value is -1.57. The van der Waals surface area contributed by atoms with Crippen LogP contribution in [0.4, 0.5) is 4.79 Å². The van der Waals surface area contributed by atoms with Gasteiger partial charge in [0.15, 0.2) is 0 Å². The lowest BCUT2D eigenvalue weighted by atomic mass is 10.2. The van der Waals surface area contributed by atoms with E-state index in [0.717, 1.165) is 11.3 Å². The number of nitriles is 1. The SMILES string of the molecule is CCCC1NC(=O)N(CC#N)C1=O. The summed E-state index contributed by atoms with van der Waals surface area (Å²) in [7, 11) is 0. The molecule has 1 heterocycles. The predicted molar refractivity (Wildman–Crippen MR) is 44.6 cm³/mol. The van der Waals surface area contributed by atoms with E-state index >= 15 is 0 Å². The van der Waals surface area contributed by atoms with Gasteiger partial charge in [-0.25, -0.2) is 9.69 Å². The van der Waals surface area contributed by atoms with E-state index in [1.54, 1.807) is 6.07 Å². The van der Waals surface area contributed by atoms with Crippen molar-refractivity contribution in [3.8, 4) is 6.07 Å². The Morgan fingerprint density at radius 3 is 2.85 bits per heavy atom. The quantitative estimate of drug-likeness (QED) is 0.500. The average molecular weight is 181 g/mol. The molecular formula is C8H11N3O2. The van der Waals surface area contributed by atoms with Gasteiger partial charge in [-0.1, -0.05) is 13.3 Å². The van der Waals surface area contributed by atoms with Gasteiger partial charge < -0.3 is 5.32 Å². The summed E-state index contributed by atoms with van der Waals surface area (Å²) in [5.41, 5.74) is 0. The normalized spacial score (nSPS) is 21.5. The molecular weight excluding hydrogens is 170 g/mol. The van der Waals surface area contributed by atoms with Gasteiger partial charge in [-0.3, -0.25) is 4.79 Å². The van der Waals surface area contributed by atoms with Gasteiger partial charge in [-0.2, -0.15) is 5.26 Å². The number of nitrogens with zero attached hydrogens (tertiary/aromatic N) is 2. The van der Waals surface area contributed by atoms with Crippen LogP contribution in [0.3, 0.4) is 0 Å². The van der Waals surface area contributed by atoms with E-state index in [0.29, 0.717) is 6.42 Å². The molecule has 1 saturated heterocycles. The number of rotatable bonds is 3. The molecule has 1 N–H and O–H groups in total. The van der Waals surface area contributed by atoms with E-state index in [1.807, 2.05) is 6.92 Å². The van der Waals surface area contributed by atoms with Gasteiger partial charge >= 0.3 is 6.03 Å². The summed E-state index contributed by atoms with van der Waals surface area (Å²) in [6.45, 7) is 1.78. The maximum atomic E-state index is 11.4. The molecule has 0 aliphatic carbocycles. The van der Waals surface area contributed by atoms with Crippen molar-refractivity contribution in [2.24, 2.45) is 0 Å². The fourth-order valence-corrected chi connectivity index (χ4v) is 1.28. The molecule has 70 valence electrons. The molecule has 0 spiro atoms. The van der Waals surface area contributed by atoms with Crippen molar-refractivity contribution in [2.45, 2.75) is 25.8 Å². The number of hydrogen-bond acceptors (Lipinski definition) is 3. The molecule has 0 aromatic carbocycles. The summed E-state index contributed by atoms with van der Waals surface area (Å²) in [4.78, 5) is 23.4. The van der Waals surface area contributed by atoms with Crippen LogP contribution in [0.15, 0.2) is 0 Å². The number of nitrogens with one attached hydrogen (secondary N) is 1. The Labute approximate surface area is 76.3 Å². The van der Waals surface area contributed by atoms with Crippen LogP contribution in [-0.2, 0) is 4.79 Å². The maximum absolute atomic E-state index is 11.4. The Bertz CT molecular complexity index is 269. The van der Waals surface area contributed by atoms with E-state index in [4.69, 9.17) is 5.26 Å². The highest BCUT2D eigenvalue weighted by atomic mass is 16.2. The predicted octanol–water partition coefficient (Wildman–Crippen LogP) is 0.230. The molecule has 5 nitrogen and oxygen atoms in total. The van der Waals surface area contributed by atoms with Gasteiger partial charge in [0.05, 0.1) is 6.07 Å². The third kappa shape index (κ3) is 1.78. The highest BCUT2D eigenvalue weighted by Gasteiger charge is 2.36. The van der Waals surface area contributed by atoms with E-state index in [9.17, 15) is 9.59 Å². The molecule has 1 rings (SSSR count). The molecule has 3 amide bonds. The third-order valence-corrected chi connectivity index (χ3v) is 1.91. The minimum Gasteiger partial charge on any atom is -0.326 e. The molecule has 0 bridgehead atoms.